The average Bonchev–Trinajstić information content (AvgIpc) is 2.83. The number of hydrogen-bond acceptors (Lipinski definition) is 7. The monoisotopic (exact) mass is 479 g/mol. The van der Waals surface area contributed by atoms with Crippen LogP contribution in [0.1, 0.15) is 103 Å². The van der Waals surface area contributed by atoms with Crippen LogP contribution in [0, 0.1) is 10.1 Å². The normalized spacial score (nSPS) is 10.6. The molecule has 0 spiro atoms. The minimum absolute atomic E-state index is 0.0579. The fourth-order valence-corrected chi connectivity index (χ4v) is 3.69. The highest BCUT2D eigenvalue weighted by Crippen LogP contribution is 2.18. The Balaban J connectivity index is 1.81. The molecule has 0 aliphatic carbocycles. The highest BCUT2D eigenvalue weighted by Gasteiger charge is 2.09. The lowest BCUT2D eigenvalue weighted by Gasteiger charge is -2.06. The molecule has 0 heterocycles. The van der Waals surface area contributed by atoms with Gasteiger partial charge in [0.2, 0.25) is 0 Å². The molecule has 0 aliphatic rings. The van der Waals surface area contributed by atoms with Gasteiger partial charge in [0, 0.05) is 18.6 Å². The Morgan fingerprint density at radius 1 is 0.735 bits per heavy atom. The van der Waals surface area contributed by atoms with E-state index in [1.807, 2.05) is 0 Å². The van der Waals surface area contributed by atoms with Crippen molar-refractivity contribution in [2.24, 2.45) is 0 Å². The summed E-state index contributed by atoms with van der Waals surface area (Å²) in [5.74, 6) is 0.123. The van der Waals surface area contributed by atoms with Gasteiger partial charge in [0.1, 0.15) is 5.75 Å². The third-order valence-electron chi connectivity index (χ3n) is 5.72. The summed E-state index contributed by atoms with van der Waals surface area (Å²) in [5, 5.41) is 10.6. The van der Waals surface area contributed by atoms with Crippen LogP contribution in [0.25, 0.3) is 0 Å². The standard InChI is InChI=1S/C26H41NO7/c1-32-25(28)17-15-13-11-9-7-5-3-2-4-6-8-10-12-14-16-22-33-26(29)34-24-20-18-23(19-21-24)27(30)31/h18-21H,2-17,22H2,1H3. The van der Waals surface area contributed by atoms with E-state index in [0.717, 1.165) is 32.1 Å². The number of methoxy groups -OCH3 is 1. The molecule has 0 N–H and O–H groups in total. The van der Waals surface area contributed by atoms with Gasteiger partial charge >= 0.3 is 12.1 Å². The van der Waals surface area contributed by atoms with E-state index < -0.39 is 11.1 Å². The summed E-state index contributed by atoms with van der Waals surface area (Å²) in [7, 11) is 1.44. The highest BCUT2D eigenvalue weighted by atomic mass is 16.7. The van der Waals surface area contributed by atoms with Gasteiger partial charge in [0.25, 0.3) is 5.69 Å². The average molecular weight is 480 g/mol. The van der Waals surface area contributed by atoms with Crippen molar-refractivity contribution in [2.45, 2.75) is 103 Å². The summed E-state index contributed by atoms with van der Waals surface area (Å²) in [6.07, 6.45) is 17.5. The molecule has 0 fully saturated rings. The van der Waals surface area contributed by atoms with Crippen molar-refractivity contribution in [1.29, 1.82) is 0 Å². The van der Waals surface area contributed by atoms with Crippen molar-refractivity contribution in [3.63, 3.8) is 0 Å². The summed E-state index contributed by atoms with van der Waals surface area (Å²) in [6, 6.07) is 5.30. The predicted octanol–water partition coefficient (Wildman–Crippen LogP) is 7.52. The van der Waals surface area contributed by atoms with Crippen LogP contribution in [0.15, 0.2) is 24.3 Å². The Hall–Kier alpha value is -2.64. The summed E-state index contributed by atoms with van der Waals surface area (Å²) < 4.78 is 14.7. The number of ether oxygens (including phenoxy) is 3. The van der Waals surface area contributed by atoms with Crippen molar-refractivity contribution >= 4 is 17.8 Å². The summed E-state index contributed by atoms with van der Waals surface area (Å²) in [4.78, 5) is 32.7. The van der Waals surface area contributed by atoms with Gasteiger partial charge < -0.3 is 14.2 Å². The number of carbonyl (C=O) groups excluding carboxylic acids is 2. The number of carbonyl (C=O) groups is 2. The Kier molecular flexibility index (Phi) is 17.1. The van der Waals surface area contributed by atoms with Gasteiger partial charge in [-0.15, -0.1) is 0 Å². The van der Waals surface area contributed by atoms with Crippen LogP contribution in [0.4, 0.5) is 10.5 Å². The Labute approximate surface area is 203 Å². The van der Waals surface area contributed by atoms with Gasteiger partial charge in [-0.2, -0.15) is 0 Å². The van der Waals surface area contributed by atoms with Crippen molar-refractivity contribution in [1.82, 2.24) is 0 Å². The first-order valence-electron chi connectivity index (χ1n) is 12.7. The van der Waals surface area contributed by atoms with Crippen LogP contribution in [-0.4, -0.2) is 30.8 Å². The molecular formula is C26H41NO7. The molecule has 8 heteroatoms. The zero-order valence-electron chi connectivity index (χ0n) is 20.6. The lowest BCUT2D eigenvalue weighted by Crippen LogP contribution is -2.11. The summed E-state index contributed by atoms with van der Waals surface area (Å²) in [5.41, 5.74) is -0.0579. The molecule has 0 unspecified atom stereocenters. The van der Waals surface area contributed by atoms with Gasteiger partial charge in [-0.05, 0) is 25.0 Å². The molecule has 8 nitrogen and oxygen atoms in total. The smallest absolute Gasteiger partial charge is 0.469 e. The highest BCUT2D eigenvalue weighted by molar-refractivity contribution is 5.69. The van der Waals surface area contributed by atoms with E-state index in [1.165, 1.54) is 95.6 Å². The van der Waals surface area contributed by atoms with Gasteiger partial charge in [-0.25, -0.2) is 4.79 Å². The maximum absolute atomic E-state index is 11.6. The zero-order valence-corrected chi connectivity index (χ0v) is 20.6. The quantitative estimate of drug-likeness (QED) is 0.0625. The number of hydrogen-bond donors (Lipinski definition) is 0. The lowest BCUT2D eigenvalue weighted by atomic mass is 10.0. The van der Waals surface area contributed by atoms with E-state index in [2.05, 4.69) is 4.74 Å². The number of benzene rings is 1. The number of unbranched alkanes of at least 4 members (excludes halogenated alkanes) is 14. The largest absolute Gasteiger partial charge is 0.513 e. The van der Waals surface area contributed by atoms with Crippen LogP contribution < -0.4 is 4.74 Å². The van der Waals surface area contributed by atoms with E-state index in [4.69, 9.17) is 9.47 Å². The minimum atomic E-state index is -0.785. The molecule has 1 aromatic carbocycles. The number of nitro benzene ring substituents is 1. The third kappa shape index (κ3) is 16.0. The first kappa shape index (κ1) is 29.4. The Morgan fingerprint density at radius 3 is 1.62 bits per heavy atom. The predicted molar refractivity (Wildman–Crippen MR) is 131 cm³/mol. The molecule has 0 saturated carbocycles. The Morgan fingerprint density at radius 2 is 1.18 bits per heavy atom. The van der Waals surface area contributed by atoms with Gasteiger partial charge in [-0.3, -0.25) is 14.9 Å². The first-order valence-corrected chi connectivity index (χ1v) is 12.7. The van der Waals surface area contributed by atoms with E-state index in [1.54, 1.807) is 0 Å². The fraction of sp³-hybridized carbons (Fsp3) is 0.692. The topological polar surface area (TPSA) is 105 Å². The van der Waals surface area contributed by atoms with Crippen LogP contribution in [0.5, 0.6) is 5.75 Å². The first-order chi connectivity index (χ1) is 16.5. The van der Waals surface area contributed by atoms with Crippen molar-refractivity contribution in [2.75, 3.05) is 13.7 Å². The molecular weight excluding hydrogens is 438 g/mol. The van der Waals surface area contributed by atoms with Gasteiger partial charge in [0.15, 0.2) is 0 Å². The van der Waals surface area contributed by atoms with Crippen molar-refractivity contribution in [3.05, 3.63) is 34.4 Å². The van der Waals surface area contributed by atoms with Crippen molar-refractivity contribution in [3.8, 4) is 5.75 Å². The fourth-order valence-electron chi connectivity index (χ4n) is 3.69. The van der Waals surface area contributed by atoms with E-state index in [9.17, 15) is 19.7 Å². The van der Waals surface area contributed by atoms with Crippen LogP contribution in [0.3, 0.4) is 0 Å². The number of rotatable bonds is 20. The van der Waals surface area contributed by atoms with Crippen LogP contribution in [-0.2, 0) is 14.3 Å². The molecule has 0 saturated heterocycles. The second kappa shape index (κ2) is 19.8. The number of nitro groups is 1. The summed E-state index contributed by atoms with van der Waals surface area (Å²) in [6.45, 7) is 0.317. The zero-order chi connectivity index (χ0) is 24.9. The summed E-state index contributed by atoms with van der Waals surface area (Å²) >= 11 is 0. The Bertz CT molecular complexity index is 691. The van der Waals surface area contributed by atoms with Gasteiger partial charge in [-0.1, -0.05) is 83.5 Å². The van der Waals surface area contributed by atoms with E-state index in [0.29, 0.717) is 13.0 Å². The van der Waals surface area contributed by atoms with Crippen LogP contribution in [0.2, 0.25) is 0 Å². The number of nitrogens with zero attached hydrogens (tertiary/aromatic N) is 1. The molecule has 0 radical (unpaired) electrons. The van der Waals surface area contributed by atoms with Crippen molar-refractivity contribution < 1.29 is 28.7 Å². The molecule has 0 aliphatic heterocycles. The molecule has 192 valence electrons. The molecule has 0 bridgehead atoms. The second-order valence-corrected chi connectivity index (χ2v) is 8.58. The molecule has 0 atom stereocenters. The van der Waals surface area contributed by atoms with Gasteiger partial charge in [0.05, 0.1) is 18.6 Å². The van der Waals surface area contributed by atoms with Crippen LogP contribution >= 0.6 is 0 Å². The second-order valence-electron chi connectivity index (χ2n) is 8.58. The number of esters is 1. The molecule has 1 rings (SSSR count). The number of non-ortho nitro benzene ring substituents is 1. The SMILES string of the molecule is COC(=O)CCCCCCCCCCCCCCCCCOC(=O)Oc1ccc([N+](=O)[O-])cc1. The molecule has 34 heavy (non-hydrogen) atoms. The third-order valence-corrected chi connectivity index (χ3v) is 5.72. The maximum atomic E-state index is 11.6. The van der Waals surface area contributed by atoms with E-state index in [-0.39, 0.29) is 17.4 Å². The lowest BCUT2D eigenvalue weighted by molar-refractivity contribution is -0.384. The molecule has 0 amide bonds. The van der Waals surface area contributed by atoms with E-state index >= 15 is 0 Å². The maximum Gasteiger partial charge on any atom is 0.513 e. The molecule has 1 aromatic rings. The minimum Gasteiger partial charge on any atom is -0.469 e. The molecule has 0 aromatic heterocycles.